The molecular formula is C8H17BrClN. The van der Waals surface area contributed by atoms with E-state index in [1.807, 2.05) is 0 Å². The monoisotopic (exact) mass is 241 g/mol. The van der Waals surface area contributed by atoms with Gasteiger partial charge in [-0.15, -0.1) is 12.4 Å². The number of likely N-dealkylation sites (tertiary alicyclic amines) is 1. The summed E-state index contributed by atoms with van der Waals surface area (Å²) in [5, 5.41) is 1.16. The Morgan fingerprint density at radius 2 is 1.73 bits per heavy atom. The summed E-state index contributed by atoms with van der Waals surface area (Å²) >= 11 is 3.45. The summed E-state index contributed by atoms with van der Waals surface area (Å²) in [4.78, 5) is 2.57. The zero-order chi connectivity index (χ0) is 7.23. The lowest BCUT2D eigenvalue weighted by atomic mass is 10.1. The molecule has 0 aliphatic carbocycles. The Morgan fingerprint density at radius 1 is 1.09 bits per heavy atom. The van der Waals surface area contributed by atoms with E-state index in [-0.39, 0.29) is 12.4 Å². The van der Waals surface area contributed by atoms with Gasteiger partial charge in [0.2, 0.25) is 0 Å². The summed E-state index contributed by atoms with van der Waals surface area (Å²) in [5.41, 5.74) is 0. The number of hydrogen-bond acceptors (Lipinski definition) is 1. The number of nitrogens with zero attached hydrogens (tertiary/aromatic N) is 1. The van der Waals surface area contributed by atoms with Crippen molar-refractivity contribution in [3.8, 4) is 0 Å². The standard InChI is InChI=1S/C8H16BrN.ClH/c9-5-4-8-10-6-2-1-3-7-10;/h1-8H2;1H. The third-order valence-corrected chi connectivity index (χ3v) is 2.62. The molecule has 1 aliphatic rings. The molecule has 0 N–H and O–H groups in total. The van der Waals surface area contributed by atoms with Crippen LogP contribution < -0.4 is 0 Å². The van der Waals surface area contributed by atoms with Crippen molar-refractivity contribution in [3.05, 3.63) is 0 Å². The van der Waals surface area contributed by atoms with E-state index >= 15 is 0 Å². The van der Waals surface area contributed by atoms with Gasteiger partial charge < -0.3 is 4.90 Å². The molecule has 0 aromatic rings. The van der Waals surface area contributed by atoms with Gasteiger partial charge in [-0.25, -0.2) is 0 Å². The lowest BCUT2D eigenvalue weighted by Gasteiger charge is -2.25. The third-order valence-electron chi connectivity index (χ3n) is 2.06. The summed E-state index contributed by atoms with van der Waals surface area (Å²) in [6.45, 7) is 3.98. The van der Waals surface area contributed by atoms with Crippen molar-refractivity contribution in [1.29, 1.82) is 0 Å². The van der Waals surface area contributed by atoms with E-state index in [0.29, 0.717) is 0 Å². The molecule has 0 radical (unpaired) electrons. The van der Waals surface area contributed by atoms with Crippen LogP contribution >= 0.6 is 28.3 Å². The summed E-state index contributed by atoms with van der Waals surface area (Å²) in [6.07, 6.45) is 5.59. The van der Waals surface area contributed by atoms with E-state index < -0.39 is 0 Å². The Kier molecular flexibility index (Phi) is 7.87. The Morgan fingerprint density at radius 3 is 2.27 bits per heavy atom. The predicted octanol–water partition coefficient (Wildman–Crippen LogP) is 2.68. The second-order valence-electron chi connectivity index (χ2n) is 2.94. The van der Waals surface area contributed by atoms with Crippen molar-refractivity contribution in [2.75, 3.05) is 25.0 Å². The third kappa shape index (κ3) is 5.05. The highest BCUT2D eigenvalue weighted by Crippen LogP contribution is 2.08. The zero-order valence-electron chi connectivity index (χ0n) is 6.89. The minimum Gasteiger partial charge on any atom is -0.303 e. The van der Waals surface area contributed by atoms with Gasteiger partial charge in [0.1, 0.15) is 0 Å². The van der Waals surface area contributed by atoms with Crippen LogP contribution in [0.2, 0.25) is 0 Å². The van der Waals surface area contributed by atoms with Gasteiger partial charge in [0.15, 0.2) is 0 Å². The first-order chi connectivity index (χ1) is 4.93. The second-order valence-corrected chi connectivity index (χ2v) is 3.74. The Balaban J connectivity index is 0.000001000. The maximum atomic E-state index is 3.45. The second kappa shape index (κ2) is 7.38. The smallest absolute Gasteiger partial charge is 0.00434 e. The van der Waals surface area contributed by atoms with Gasteiger partial charge in [-0.2, -0.15) is 0 Å². The number of piperidine rings is 1. The van der Waals surface area contributed by atoms with Crippen LogP contribution in [0.1, 0.15) is 25.7 Å². The maximum absolute atomic E-state index is 3.45. The van der Waals surface area contributed by atoms with E-state index in [1.165, 1.54) is 45.3 Å². The van der Waals surface area contributed by atoms with Gasteiger partial charge in [-0.3, -0.25) is 0 Å². The quantitative estimate of drug-likeness (QED) is 0.688. The van der Waals surface area contributed by atoms with Crippen molar-refractivity contribution < 1.29 is 0 Å². The molecule has 0 atom stereocenters. The highest BCUT2D eigenvalue weighted by atomic mass is 79.9. The summed E-state index contributed by atoms with van der Waals surface area (Å²) in [5.74, 6) is 0. The van der Waals surface area contributed by atoms with Gasteiger partial charge in [0.25, 0.3) is 0 Å². The zero-order valence-corrected chi connectivity index (χ0v) is 9.29. The average Bonchev–Trinajstić information content (AvgIpc) is 2.03. The first-order valence-electron chi connectivity index (χ1n) is 4.22. The summed E-state index contributed by atoms with van der Waals surface area (Å²) < 4.78 is 0. The van der Waals surface area contributed by atoms with E-state index in [2.05, 4.69) is 20.8 Å². The van der Waals surface area contributed by atoms with E-state index in [9.17, 15) is 0 Å². The first-order valence-corrected chi connectivity index (χ1v) is 5.34. The number of alkyl halides is 1. The van der Waals surface area contributed by atoms with E-state index in [1.54, 1.807) is 0 Å². The molecular weight excluding hydrogens is 225 g/mol. The lowest BCUT2D eigenvalue weighted by Crippen LogP contribution is -2.30. The van der Waals surface area contributed by atoms with Crippen molar-refractivity contribution in [2.45, 2.75) is 25.7 Å². The van der Waals surface area contributed by atoms with Crippen LogP contribution in [-0.4, -0.2) is 29.9 Å². The minimum absolute atomic E-state index is 0. The molecule has 0 aromatic heterocycles. The van der Waals surface area contributed by atoms with Gasteiger partial charge in [-0.1, -0.05) is 22.4 Å². The normalized spacial score (nSPS) is 19.4. The van der Waals surface area contributed by atoms with Crippen molar-refractivity contribution in [1.82, 2.24) is 4.90 Å². The molecule has 1 aliphatic heterocycles. The highest BCUT2D eigenvalue weighted by molar-refractivity contribution is 9.09. The number of hydrogen-bond donors (Lipinski definition) is 0. The largest absolute Gasteiger partial charge is 0.303 e. The van der Waals surface area contributed by atoms with Crippen LogP contribution in [0.4, 0.5) is 0 Å². The molecule has 1 rings (SSSR count). The topological polar surface area (TPSA) is 3.24 Å². The van der Waals surface area contributed by atoms with Crippen LogP contribution in [0.5, 0.6) is 0 Å². The van der Waals surface area contributed by atoms with Crippen LogP contribution in [0.15, 0.2) is 0 Å². The molecule has 0 spiro atoms. The molecule has 1 nitrogen and oxygen atoms in total. The molecule has 0 aromatic carbocycles. The van der Waals surface area contributed by atoms with Gasteiger partial charge in [0.05, 0.1) is 0 Å². The molecule has 1 heterocycles. The predicted molar refractivity (Wildman–Crippen MR) is 56.0 cm³/mol. The van der Waals surface area contributed by atoms with E-state index in [4.69, 9.17) is 0 Å². The highest BCUT2D eigenvalue weighted by Gasteiger charge is 2.07. The van der Waals surface area contributed by atoms with Crippen LogP contribution in [0.25, 0.3) is 0 Å². The fourth-order valence-corrected chi connectivity index (χ4v) is 1.72. The number of rotatable bonds is 3. The van der Waals surface area contributed by atoms with E-state index in [0.717, 1.165) is 5.33 Å². The molecule has 3 heteroatoms. The molecule has 0 bridgehead atoms. The molecule has 1 saturated heterocycles. The average molecular weight is 243 g/mol. The van der Waals surface area contributed by atoms with Crippen LogP contribution in [0, 0.1) is 0 Å². The van der Waals surface area contributed by atoms with Gasteiger partial charge in [0, 0.05) is 5.33 Å². The van der Waals surface area contributed by atoms with Crippen LogP contribution in [0.3, 0.4) is 0 Å². The molecule has 0 saturated carbocycles. The Labute approximate surface area is 84.1 Å². The fourth-order valence-electron chi connectivity index (χ4n) is 1.47. The Bertz CT molecular complexity index is 84.2. The summed E-state index contributed by atoms with van der Waals surface area (Å²) in [7, 11) is 0. The van der Waals surface area contributed by atoms with Crippen molar-refractivity contribution >= 4 is 28.3 Å². The first kappa shape index (κ1) is 11.7. The van der Waals surface area contributed by atoms with Gasteiger partial charge in [-0.05, 0) is 38.9 Å². The minimum atomic E-state index is 0. The molecule has 0 amide bonds. The Hall–Kier alpha value is 0.730. The van der Waals surface area contributed by atoms with Gasteiger partial charge >= 0.3 is 0 Å². The fraction of sp³-hybridized carbons (Fsp3) is 1.00. The molecule has 0 unspecified atom stereocenters. The molecule has 11 heavy (non-hydrogen) atoms. The van der Waals surface area contributed by atoms with Crippen molar-refractivity contribution in [3.63, 3.8) is 0 Å². The number of halogens is 2. The van der Waals surface area contributed by atoms with Crippen molar-refractivity contribution in [2.24, 2.45) is 0 Å². The van der Waals surface area contributed by atoms with Crippen LogP contribution in [-0.2, 0) is 0 Å². The maximum Gasteiger partial charge on any atom is 0.00434 e. The molecule has 68 valence electrons. The SMILES string of the molecule is BrCCCN1CCCCC1.Cl. The summed E-state index contributed by atoms with van der Waals surface area (Å²) in [6, 6.07) is 0. The lowest BCUT2D eigenvalue weighted by molar-refractivity contribution is 0.230. The molecule has 1 fully saturated rings.